The van der Waals surface area contributed by atoms with Gasteiger partial charge in [-0.3, -0.25) is 0 Å². The predicted octanol–water partition coefficient (Wildman–Crippen LogP) is 6.52. The molecule has 0 saturated carbocycles. The minimum absolute atomic E-state index is 0.114. The number of hydrogen-bond donors (Lipinski definition) is 0. The highest BCUT2D eigenvalue weighted by Crippen LogP contribution is 2.31. The van der Waals surface area contributed by atoms with Crippen molar-refractivity contribution in [2.75, 3.05) is 0 Å². The summed E-state index contributed by atoms with van der Waals surface area (Å²) in [6.07, 6.45) is 9.49. The molecule has 0 spiro atoms. The molecule has 1 aliphatic carbocycles. The maximum atomic E-state index is 4.83. The summed E-state index contributed by atoms with van der Waals surface area (Å²) < 4.78 is 0. The molecule has 3 nitrogen and oxygen atoms in total. The molecule has 0 unspecified atom stereocenters. The van der Waals surface area contributed by atoms with Crippen LogP contribution < -0.4 is 0 Å². The van der Waals surface area contributed by atoms with E-state index < -0.39 is 0 Å². The molecule has 0 radical (unpaired) electrons. The molecule has 0 aliphatic heterocycles. The van der Waals surface area contributed by atoms with Crippen molar-refractivity contribution in [3.8, 4) is 22.8 Å². The zero-order chi connectivity index (χ0) is 20.3. The summed E-state index contributed by atoms with van der Waals surface area (Å²) in [4.78, 5) is 14.4. The minimum Gasteiger partial charge on any atom is -0.209 e. The van der Waals surface area contributed by atoms with E-state index in [1.54, 1.807) is 0 Å². The number of rotatable bonds is 3. The van der Waals surface area contributed by atoms with Crippen molar-refractivity contribution in [3.05, 3.63) is 96.4 Å². The Morgan fingerprint density at radius 1 is 0.690 bits per heavy atom. The Balaban J connectivity index is 1.80. The SMILES string of the molecule is CC(C)(C)C1=CCC(c2nc(-c3ccccc3)nc(-c3ccccc3)n2)=CC=C1. The Morgan fingerprint density at radius 3 is 1.72 bits per heavy atom. The molecule has 0 amide bonds. The molecule has 1 aromatic heterocycles. The van der Waals surface area contributed by atoms with Crippen molar-refractivity contribution in [3.63, 3.8) is 0 Å². The van der Waals surface area contributed by atoms with Crippen LogP contribution in [0.2, 0.25) is 0 Å². The van der Waals surface area contributed by atoms with Crippen molar-refractivity contribution in [2.45, 2.75) is 27.2 Å². The van der Waals surface area contributed by atoms with E-state index >= 15 is 0 Å². The van der Waals surface area contributed by atoms with Crippen LogP contribution in [0.3, 0.4) is 0 Å². The van der Waals surface area contributed by atoms with E-state index in [4.69, 9.17) is 15.0 Å². The predicted molar refractivity (Wildman–Crippen MR) is 120 cm³/mol. The summed E-state index contributed by atoms with van der Waals surface area (Å²) in [6.45, 7) is 6.70. The molecule has 0 saturated heterocycles. The van der Waals surface area contributed by atoms with Crippen molar-refractivity contribution in [1.82, 2.24) is 15.0 Å². The smallest absolute Gasteiger partial charge is 0.164 e. The quantitative estimate of drug-likeness (QED) is 0.520. The van der Waals surface area contributed by atoms with Gasteiger partial charge in [-0.05, 0) is 17.4 Å². The summed E-state index contributed by atoms with van der Waals surface area (Å²) in [5, 5.41) is 0. The normalized spacial score (nSPS) is 14.2. The third-order valence-electron chi connectivity index (χ3n) is 4.97. The lowest BCUT2D eigenvalue weighted by atomic mass is 9.86. The third-order valence-corrected chi connectivity index (χ3v) is 4.97. The molecule has 3 heteroatoms. The molecule has 0 bridgehead atoms. The summed E-state index contributed by atoms with van der Waals surface area (Å²) in [5.74, 6) is 2.13. The number of nitrogens with zero attached hydrogens (tertiary/aromatic N) is 3. The standard InChI is InChI=1S/C26H25N3/c1-26(2,3)22-16-10-15-21(17-18-22)25-28-23(19-11-6-4-7-12-19)27-24(29-25)20-13-8-5-9-14-20/h4-16,18H,17H2,1-3H3. The second kappa shape index (κ2) is 7.96. The molecule has 29 heavy (non-hydrogen) atoms. The number of aromatic nitrogens is 3. The Bertz CT molecular complexity index is 1030. The number of allylic oxidation sites excluding steroid dienone is 6. The molecular weight excluding hydrogens is 354 g/mol. The number of hydrogen-bond acceptors (Lipinski definition) is 3. The van der Waals surface area contributed by atoms with E-state index in [-0.39, 0.29) is 5.41 Å². The van der Waals surface area contributed by atoms with E-state index in [2.05, 4.69) is 45.1 Å². The van der Waals surface area contributed by atoms with Crippen molar-refractivity contribution in [2.24, 2.45) is 5.41 Å². The van der Waals surface area contributed by atoms with Crippen LogP contribution in [0.5, 0.6) is 0 Å². The van der Waals surface area contributed by atoms with Crippen LogP contribution in [0.1, 0.15) is 33.0 Å². The fourth-order valence-electron chi connectivity index (χ4n) is 3.30. The van der Waals surface area contributed by atoms with Crippen LogP contribution in [0.4, 0.5) is 0 Å². The van der Waals surface area contributed by atoms with Gasteiger partial charge < -0.3 is 0 Å². The topological polar surface area (TPSA) is 38.7 Å². The molecule has 0 atom stereocenters. The van der Waals surface area contributed by atoms with Crippen LogP contribution in [-0.4, -0.2) is 15.0 Å². The summed E-state index contributed by atoms with van der Waals surface area (Å²) >= 11 is 0. The molecule has 0 fully saturated rings. The van der Waals surface area contributed by atoms with Crippen molar-refractivity contribution < 1.29 is 0 Å². The maximum Gasteiger partial charge on any atom is 0.164 e. The first-order chi connectivity index (χ1) is 14.0. The van der Waals surface area contributed by atoms with E-state index in [1.165, 1.54) is 5.57 Å². The highest BCUT2D eigenvalue weighted by atomic mass is 15.0. The highest BCUT2D eigenvalue weighted by molar-refractivity contribution is 5.69. The lowest BCUT2D eigenvalue weighted by molar-refractivity contribution is 0.516. The second-order valence-electron chi connectivity index (χ2n) is 8.20. The second-order valence-corrected chi connectivity index (χ2v) is 8.20. The first-order valence-corrected chi connectivity index (χ1v) is 9.96. The van der Waals surface area contributed by atoms with Gasteiger partial charge in [0.15, 0.2) is 17.5 Å². The minimum atomic E-state index is 0.114. The molecule has 1 heterocycles. The first-order valence-electron chi connectivity index (χ1n) is 9.96. The molecule has 144 valence electrons. The first kappa shape index (κ1) is 19.0. The average Bonchev–Trinajstić information content (AvgIpc) is 3.01. The highest BCUT2D eigenvalue weighted by Gasteiger charge is 2.17. The average molecular weight is 380 g/mol. The van der Waals surface area contributed by atoms with Gasteiger partial charge in [-0.2, -0.15) is 0 Å². The van der Waals surface area contributed by atoms with Gasteiger partial charge in [0.2, 0.25) is 0 Å². The van der Waals surface area contributed by atoms with Gasteiger partial charge in [-0.1, -0.05) is 106 Å². The van der Waals surface area contributed by atoms with Crippen molar-refractivity contribution >= 4 is 5.57 Å². The van der Waals surface area contributed by atoms with Gasteiger partial charge in [0.25, 0.3) is 0 Å². The van der Waals surface area contributed by atoms with Gasteiger partial charge in [-0.25, -0.2) is 15.0 Å². The van der Waals surface area contributed by atoms with Gasteiger partial charge in [0.05, 0.1) is 0 Å². The molecular formula is C26H25N3. The van der Waals surface area contributed by atoms with Gasteiger partial charge in [0, 0.05) is 16.7 Å². The Kier molecular flexibility index (Phi) is 5.22. The van der Waals surface area contributed by atoms with Crippen LogP contribution in [0.15, 0.2) is 90.5 Å². The Hall–Kier alpha value is -3.33. The molecule has 2 aromatic carbocycles. The Morgan fingerprint density at radius 2 is 1.21 bits per heavy atom. The Labute approximate surface area is 172 Å². The van der Waals surface area contributed by atoms with Gasteiger partial charge >= 0.3 is 0 Å². The molecule has 1 aliphatic rings. The van der Waals surface area contributed by atoms with E-state index in [9.17, 15) is 0 Å². The lowest BCUT2D eigenvalue weighted by Gasteiger charge is -2.19. The lowest BCUT2D eigenvalue weighted by Crippen LogP contribution is -2.07. The van der Waals surface area contributed by atoms with E-state index in [1.807, 2.05) is 60.7 Å². The van der Waals surface area contributed by atoms with Crippen LogP contribution in [-0.2, 0) is 0 Å². The molecule has 4 rings (SSSR count). The zero-order valence-corrected chi connectivity index (χ0v) is 17.1. The molecule has 3 aromatic rings. The van der Waals surface area contributed by atoms with Gasteiger partial charge in [0.1, 0.15) is 0 Å². The zero-order valence-electron chi connectivity index (χ0n) is 17.1. The third kappa shape index (κ3) is 4.40. The maximum absolute atomic E-state index is 4.83. The summed E-state index contributed by atoms with van der Waals surface area (Å²) in [7, 11) is 0. The van der Waals surface area contributed by atoms with Crippen LogP contribution >= 0.6 is 0 Å². The van der Waals surface area contributed by atoms with E-state index in [0.29, 0.717) is 11.6 Å². The summed E-state index contributed by atoms with van der Waals surface area (Å²) in [6, 6.07) is 20.2. The number of benzene rings is 2. The van der Waals surface area contributed by atoms with Gasteiger partial charge in [-0.15, -0.1) is 0 Å². The fourth-order valence-corrected chi connectivity index (χ4v) is 3.30. The molecule has 0 N–H and O–H groups in total. The monoisotopic (exact) mass is 379 g/mol. The van der Waals surface area contributed by atoms with Crippen LogP contribution in [0.25, 0.3) is 28.3 Å². The van der Waals surface area contributed by atoms with Crippen LogP contribution in [0, 0.1) is 5.41 Å². The fraction of sp³-hybridized carbons (Fsp3) is 0.192. The van der Waals surface area contributed by atoms with Crippen molar-refractivity contribution in [1.29, 1.82) is 0 Å². The largest absolute Gasteiger partial charge is 0.209 e. The summed E-state index contributed by atoms with van der Waals surface area (Å²) in [5.41, 5.74) is 4.51. The van der Waals surface area contributed by atoms with E-state index in [0.717, 1.165) is 28.9 Å².